The summed E-state index contributed by atoms with van der Waals surface area (Å²) in [7, 11) is 1.86. The van der Waals surface area contributed by atoms with Crippen LogP contribution in [0.25, 0.3) is 22.5 Å². The molecule has 2 heterocycles. The average Bonchev–Trinajstić information content (AvgIpc) is 2.97. The van der Waals surface area contributed by atoms with Gasteiger partial charge in [0.25, 0.3) is 0 Å². The summed E-state index contributed by atoms with van der Waals surface area (Å²) < 4.78 is 18.5. The highest BCUT2D eigenvalue weighted by molar-refractivity contribution is 5.90. The first kappa shape index (κ1) is 15.9. The fourth-order valence-corrected chi connectivity index (χ4v) is 2.25. The molecule has 1 N–H and O–H groups in total. The molecule has 6 nitrogen and oxygen atoms in total. The second kappa shape index (κ2) is 5.92. The fraction of sp³-hybridized carbons (Fsp3) is 0.235. The molecule has 0 fully saturated rings. The monoisotopic (exact) mass is 329 g/mol. The first-order chi connectivity index (χ1) is 11.4. The zero-order chi connectivity index (χ0) is 17.4. The van der Waals surface area contributed by atoms with E-state index >= 15 is 0 Å². The Morgan fingerprint density at radius 2 is 1.92 bits per heavy atom. The molecule has 7 heteroatoms. The molecule has 3 aromatic rings. The molecule has 124 valence electrons. The van der Waals surface area contributed by atoms with Crippen molar-refractivity contribution in [3.8, 4) is 11.3 Å². The lowest BCUT2D eigenvalue weighted by Gasteiger charge is -2.24. The van der Waals surface area contributed by atoms with Crippen LogP contribution in [0.4, 0.5) is 10.2 Å². The Bertz CT molecular complexity index is 903. The van der Waals surface area contributed by atoms with Crippen LogP contribution in [-0.4, -0.2) is 34.1 Å². The van der Waals surface area contributed by atoms with Crippen molar-refractivity contribution in [3.63, 3.8) is 0 Å². The Morgan fingerprint density at radius 3 is 2.50 bits per heavy atom. The number of hydrogen-bond donors (Lipinski definition) is 1. The molecule has 0 saturated carbocycles. The number of aromatic nitrogens is 2. The van der Waals surface area contributed by atoms with Crippen LogP contribution in [0.5, 0.6) is 0 Å². The van der Waals surface area contributed by atoms with E-state index in [1.807, 2.05) is 25.8 Å². The SMILES string of the molecule is CC(C)N(C)c1nc2oc(C(=O)O)cc2nc1-c1ccc(F)cc1. The molecular weight excluding hydrogens is 313 g/mol. The van der Waals surface area contributed by atoms with Gasteiger partial charge in [0.1, 0.15) is 17.0 Å². The summed E-state index contributed by atoms with van der Waals surface area (Å²) in [5.41, 5.74) is 1.72. The minimum Gasteiger partial charge on any atom is -0.475 e. The van der Waals surface area contributed by atoms with Crippen LogP contribution in [-0.2, 0) is 0 Å². The highest BCUT2D eigenvalue weighted by Crippen LogP contribution is 2.31. The topological polar surface area (TPSA) is 79.5 Å². The summed E-state index contributed by atoms with van der Waals surface area (Å²) in [6.45, 7) is 3.98. The lowest BCUT2D eigenvalue weighted by molar-refractivity contribution is 0.0664. The largest absolute Gasteiger partial charge is 0.475 e. The number of anilines is 1. The quantitative estimate of drug-likeness (QED) is 0.788. The minimum absolute atomic E-state index is 0.129. The molecule has 0 amide bonds. The van der Waals surface area contributed by atoms with E-state index < -0.39 is 5.97 Å². The molecule has 24 heavy (non-hydrogen) atoms. The molecule has 0 aliphatic rings. The van der Waals surface area contributed by atoms with Crippen molar-refractivity contribution in [1.82, 2.24) is 9.97 Å². The summed E-state index contributed by atoms with van der Waals surface area (Å²) in [5, 5.41) is 9.07. The summed E-state index contributed by atoms with van der Waals surface area (Å²) in [4.78, 5) is 21.9. The molecule has 0 unspecified atom stereocenters. The normalized spacial score (nSPS) is 11.2. The van der Waals surface area contributed by atoms with Crippen LogP contribution < -0.4 is 4.90 Å². The maximum atomic E-state index is 13.2. The third-order valence-electron chi connectivity index (χ3n) is 3.78. The van der Waals surface area contributed by atoms with E-state index in [1.54, 1.807) is 12.1 Å². The van der Waals surface area contributed by atoms with Crippen molar-refractivity contribution in [2.45, 2.75) is 19.9 Å². The summed E-state index contributed by atoms with van der Waals surface area (Å²) in [6, 6.07) is 7.38. The van der Waals surface area contributed by atoms with Gasteiger partial charge in [-0.3, -0.25) is 0 Å². The van der Waals surface area contributed by atoms with Crippen LogP contribution in [0.1, 0.15) is 24.4 Å². The second-order valence-electron chi connectivity index (χ2n) is 5.71. The van der Waals surface area contributed by atoms with Gasteiger partial charge in [-0.2, -0.15) is 4.98 Å². The molecule has 3 rings (SSSR count). The van der Waals surface area contributed by atoms with E-state index in [2.05, 4.69) is 9.97 Å². The number of carboxylic acids is 1. The number of furan rings is 1. The van der Waals surface area contributed by atoms with E-state index in [4.69, 9.17) is 9.52 Å². The summed E-state index contributed by atoms with van der Waals surface area (Å²) >= 11 is 0. The zero-order valence-electron chi connectivity index (χ0n) is 13.4. The predicted octanol–water partition coefficient (Wildman–Crippen LogP) is 3.57. The molecule has 0 spiro atoms. The maximum Gasteiger partial charge on any atom is 0.371 e. The van der Waals surface area contributed by atoms with Gasteiger partial charge in [0.05, 0.1) is 0 Å². The molecule has 0 radical (unpaired) electrons. The highest BCUT2D eigenvalue weighted by Gasteiger charge is 2.20. The molecule has 0 saturated heterocycles. The zero-order valence-corrected chi connectivity index (χ0v) is 13.4. The second-order valence-corrected chi connectivity index (χ2v) is 5.71. The minimum atomic E-state index is -1.18. The van der Waals surface area contributed by atoms with Crippen molar-refractivity contribution in [2.75, 3.05) is 11.9 Å². The van der Waals surface area contributed by atoms with Crippen molar-refractivity contribution >= 4 is 23.0 Å². The first-order valence-corrected chi connectivity index (χ1v) is 7.40. The number of carbonyl (C=O) groups is 1. The number of hydrogen-bond acceptors (Lipinski definition) is 5. The van der Waals surface area contributed by atoms with Gasteiger partial charge >= 0.3 is 5.97 Å². The third-order valence-corrected chi connectivity index (χ3v) is 3.78. The average molecular weight is 329 g/mol. The van der Waals surface area contributed by atoms with Crippen LogP contribution in [0, 0.1) is 5.82 Å². The van der Waals surface area contributed by atoms with E-state index in [0.717, 1.165) is 0 Å². The molecule has 2 aromatic heterocycles. The number of nitrogens with zero attached hydrogens (tertiary/aromatic N) is 3. The van der Waals surface area contributed by atoms with Crippen molar-refractivity contribution < 1.29 is 18.7 Å². The third kappa shape index (κ3) is 2.80. The summed E-state index contributed by atoms with van der Waals surface area (Å²) in [5.74, 6) is -1.21. The summed E-state index contributed by atoms with van der Waals surface area (Å²) in [6.07, 6.45) is 0. The predicted molar refractivity (Wildman–Crippen MR) is 87.7 cm³/mol. The number of rotatable bonds is 4. The first-order valence-electron chi connectivity index (χ1n) is 7.40. The molecule has 0 aliphatic heterocycles. The smallest absolute Gasteiger partial charge is 0.371 e. The van der Waals surface area contributed by atoms with Gasteiger partial charge in [0.2, 0.25) is 11.5 Å². The van der Waals surface area contributed by atoms with E-state index in [0.29, 0.717) is 22.6 Å². The van der Waals surface area contributed by atoms with Gasteiger partial charge in [-0.25, -0.2) is 14.2 Å². The lowest BCUT2D eigenvalue weighted by Crippen LogP contribution is -2.27. The standard InChI is InChI=1S/C17H16FN3O3/c1-9(2)21(3)15-14(10-4-6-11(18)7-5-10)19-12-8-13(17(22)23)24-16(12)20-15/h4-9H,1-3H3,(H,22,23). The number of carboxylic acid groups (broad SMARTS) is 1. The van der Waals surface area contributed by atoms with Crippen molar-refractivity contribution in [1.29, 1.82) is 0 Å². The number of fused-ring (bicyclic) bond motifs is 1. The van der Waals surface area contributed by atoms with Crippen LogP contribution in [0.3, 0.4) is 0 Å². The molecule has 0 atom stereocenters. The fourth-order valence-electron chi connectivity index (χ4n) is 2.25. The molecule has 1 aromatic carbocycles. The Kier molecular flexibility index (Phi) is 3.92. The molecule has 0 bridgehead atoms. The van der Waals surface area contributed by atoms with Gasteiger partial charge in [-0.1, -0.05) is 0 Å². The highest BCUT2D eigenvalue weighted by atomic mass is 19.1. The van der Waals surface area contributed by atoms with E-state index in [-0.39, 0.29) is 23.3 Å². The van der Waals surface area contributed by atoms with Gasteiger partial charge < -0.3 is 14.4 Å². The Labute approximate surface area is 137 Å². The van der Waals surface area contributed by atoms with Gasteiger partial charge in [0.15, 0.2) is 5.82 Å². The van der Waals surface area contributed by atoms with Gasteiger partial charge in [0, 0.05) is 24.7 Å². The lowest BCUT2D eigenvalue weighted by atomic mass is 10.1. The van der Waals surface area contributed by atoms with Gasteiger partial charge in [-0.15, -0.1) is 0 Å². The molecular formula is C17H16FN3O3. The van der Waals surface area contributed by atoms with E-state index in [1.165, 1.54) is 18.2 Å². The molecule has 0 aliphatic carbocycles. The van der Waals surface area contributed by atoms with Crippen LogP contribution >= 0.6 is 0 Å². The van der Waals surface area contributed by atoms with Gasteiger partial charge in [-0.05, 0) is 38.1 Å². The number of benzene rings is 1. The Balaban J connectivity index is 2.25. The Hall–Kier alpha value is -2.96. The van der Waals surface area contributed by atoms with E-state index in [9.17, 15) is 9.18 Å². The Morgan fingerprint density at radius 1 is 1.25 bits per heavy atom. The van der Waals surface area contributed by atoms with Crippen molar-refractivity contribution in [3.05, 3.63) is 41.9 Å². The maximum absolute atomic E-state index is 13.2. The number of aromatic carboxylic acids is 1. The van der Waals surface area contributed by atoms with Crippen molar-refractivity contribution in [2.24, 2.45) is 0 Å². The number of halogens is 1. The van der Waals surface area contributed by atoms with Crippen LogP contribution in [0.15, 0.2) is 34.7 Å². The van der Waals surface area contributed by atoms with Crippen LogP contribution in [0.2, 0.25) is 0 Å².